The molecule has 2 fully saturated rings. The van der Waals surface area contributed by atoms with Crippen LogP contribution in [0.5, 0.6) is 0 Å². The monoisotopic (exact) mass is 339 g/mol. The van der Waals surface area contributed by atoms with E-state index in [4.69, 9.17) is 0 Å². The molecular weight excluding hydrogens is 317 g/mol. The van der Waals surface area contributed by atoms with E-state index in [1.54, 1.807) is 12.1 Å². The SMILES string of the molecule is CCCNCC1(Cc2cc(Br)ccc2F)CC2CC2C1. The third-order valence-electron chi connectivity index (χ3n) is 4.96. The molecule has 0 aliphatic heterocycles. The Labute approximate surface area is 129 Å². The maximum absolute atomic E-state index is 14.0. The molecule has 0 bridgehead atoms. The standard InChI is InChI=1S/C17H23BrFN/c1-2-5-20-11-17(8-12-6-13(12)9-17)10-14-7-15(18)3-4-16(14)19/h3-4,7,12-13,20H,2,5-6,8-11H2,1H3. The van der Waals surface area contributed by atoms with E-state index in [-0.39, 0.29) is 11.2 Å². The van der Waals surface area contributed by atoms with Gasteiger partial charge in [0.05, 0.1) is 0 Å². The van der Waals surface area contributed by atoms with Gasteiger partial charge in [-0.2, -0.15) is 0 Å². The van der Waals surface area contributed by atoms with Crippen molar-refractivity contribution in [3.8, 4) is 0 Å². The van der Waals surface area contributed by atoms with Gasteiger partial charge in [-0.15, -0.1) is 0 Å². The van der Waals surface area contributed by atoms with Crippen LogP contribution in [0.4, 0.5) is 4.39 Å². The molecule has 2 aliphatic carbocycles. The van der Waals surface area contributed by atoms with Crippen molar-refractivity contribution in [3.05, 3.63) is 34.1 Å². The molecule has 2 unspecified atom stereocenters. The number of nitrogens with one attached hydrogen (secondary N) is 1. The van der Waals surface area contributed by atoms with Gasteiger partial charge >= 0.3 is 0 Å². The highest BCUT2D eigenvalue weighted by molar-refractivity contribution is 9.10. The van der Waals surface area contributed by atoms with Crippen molar-refractivity contribution >= 4 is 15.9 Å². The van der Waals surface area contributed by atoms with Crippen molar-refractivity contribution in [2.45, 2.75) is 39.0 Å². The Kier molecular flexibility index (Phi) is 4.19. The molecule has 0 saturated heterocycles. The van der Waals surface area contributed by atoms with E-state index in [0.29, 0.717) is 0 Å². The second-order valence-corrected chi connectivity index (χ2v) is 7.67. The Balaban J connectivity index is 1.74. The molecule has 3 heteroatoms. The van der Waals surface area contributed by atoms with Crippen LogP contribution in [0, 0.1) is 23.1 Å². The lowest BCUT2D eigenvalue weighted by Gasteiger charge is -2.32. The average Bonchev–Trinajstić information content (AvgIpc) is 3.03. The Hall–Kier alpha value is -0.410. The largest absolute Gasteiger partial charge is 0.316 e. The van der Waals surface area contributed by atoms with Crippen LogP contribution in [0.15, 0.2) is 22.7 Å². The number of rotatable bonds is 6. The highest BCUT2D eigenvalue weighted by Gasteiger charge is 2.53. The van der Waals surface area contributed by atoms with Crippen LogP contribution >= 0.6 is 15.9 Å². The molecule has 0 amide bonds. The Morgan fingerprint density at radius 2 is 2.10 bits per heavy atom. The van der Waals surface area contributed by atoms with Crippen LogP contribution in [0.3, 0.4) is 0 Å². The summed E-state index contributed by atoms with van der Waals surface area (Å²) in [6.45, 7) is 4.30. The summed E-state index contributed by atoms with van der Waals surface area (Å²) in [4.78, 5) is 0. The Morgan fingerprint density at radius 1 is 1.35 bits per heavy atom. The van der Waals surface area contributed by atoms with Crippen LogP contribution in [-0.4, -0.2) is 13.1 Å². The minimum Gasteiger partial charge on any atom is -0.316 e. The lowest BCUT2D eigenvalue weighted by Crippen LogP contribution is -2.35. The predicted molar refractivity (Wildman–Crippen MR) is 84.2 cm³/mol. The minimum absolute atomic E-state index is 0.0522. The maximum atomic E-state index is 14.0. The number of hydrogen-bond donors (Lipinski definition) is 1. The normalized spacial score (nSPS) is 31.4. The zero-order valence-electron chi connectivity index (χ0n) is 12.1. The summed E-state index contributed by atoms with van der Waals surface area (Å²) in [5.74, 6) is 1.80. The van der Waals surface area contributed by atoms with Gasteiger partial charge in [-0.25, -0.2) is 4.39 Å². The third kappa shape index (κ3) is 3.09. The van der Waals surface area contributed by atoms with Crippen LogP contribution in [0.2, 0.25) is 0 Å². The van der Waals surface area contributed by atoms with E-state index >= 15 is 0 Å². The van der Waals surface area contributed by atoms with Gasteiger partial charge in [0.15, 0.2) is 0 Å². The van der Waals surface area contributed by atoms with Crippen molar-refractivity contribution in [3.63, 3.8) is 0 Å². The van der Waals surface area contributed by atoms with Gasteiger partial charge in [-0.3, -0.25) is 0 Å². The molecule has 3 rings (SSSR count). The molecule has 1 nitrogen and oxygen atoms in total. The lowest BCUT2D eigenvalue weighted by molar-refractivity contribution is 0.246. The number of fused-ring (bicyclic) bond motifs is 1. The first-order chi connectivity index (χ1) is 9.62. The van der Waals surface area contributed by atoms with Gasteiger partial charge in [0.2, 0.25) is 0 Å². The van der Waals surface area contributed by atoms with E-state index in [9.17, 15) is 4.39 Å². The van der Waals surface area contributed by atoms with Gasteiger partial charge in [-0.1, -0.05) is 22.9 Å². The second-order valence-electron chi connectivity index (χ2n) is 6.75. The van der Waals surface area contributed by atoms with Crippen molar-refractivity contribution < 1.29 is 4.39 Å². The van der Waals surface area contributed by atoms with E-state index in [1.165, 1.54) is 19.3 Å². The summed E-state index contributed by atoms with van der Waals surface area (Å²) in [7, 11) is 0. The van der Waals surface area contributed by atoms with E-state index in [1.807, 2.05) is 6.07 Å². The third-order valence-corrected chi connectivity index (χ3v) is 5.45. The predicted octanol–water partition coefficient (Wildman–Crippen LogP) is 4.55. The molecule has 1 aromatic carbocycles. The van der Waals surface area contributed by atoms with Gasteiger partial charge < -0.3 is 5.32 Å². The first-order valence-electron chi connectivity index (χ1n) is 7.76. The topological polar surface area (TPSA) is 12.0 Å². The van der Waals surface area contributed by atoms with E-state index in [2.05, 4.69) is 28.2 Å². The summed E-state index contributed by atoms with van der Waals surface area (Å²) in [5, 5.41) is 3.58. The molecule has 110 valence electrons. The fraction of sp³-hybridized carbons (Fsp3) is 0.647. The van der Waals surface area contributed by atoms with Crippen LogP contribution < -0.4 is 5.32 Å². The van der Waals surface area contributed by atoms with Gasteiger partial charge in [0.25, 0.3) is 0 Å². The summed E-state index contributed by atoms with van der Waals surface area (Å²) in [6, 6.07) is 5.33. The van der Waals surface area contributed by atoms with E-state index in [0.717, 1.165) is 47.8 Å². The van der Waals surface area contributed by atoms with Gasteiger partial charge in [0.1, 0.15) is 5.82 Å². The molecule has 2 saturated carbocycles. The fourth-order valence-corrected chi connectivity index (χ4v) is 4.38. The molecule has 1 N–H and O–H groups in total. The summed E-state index contributed by atoms with van der Waals surface area (Å²) >= 11 is 3.47. The first-order valence-corrected chi connectivity index (χ1v) is 8.56. The second kappa shape index (κ2) is 5.76. The molecule has 1 aromatic rings. The number of halogens is 2. The van der Waals surface area contributed by atoms with Crippen molar-refractivity contribution in [2.24, 2.45) is 17.3 Å². The van der Waals surface area contributed by atoms with Gasteiger partial charge in [0, 0.05) is 11.0 Å². The molecular formula is C17H23BrFN. The van der Waals surface area contributed by atoms with Crippen LogP contribution in [-0.2, 0) is 6.42 Å². The minimum atomic E-state index is -0.0522. The summed E-state index contributed by atoms with van der Waals surface area (Å²) < 4.78 is 15.0. The van der Waals surface area contributed by atoms with Crippen LogP contribution in [0.25, 0.3) is 0 Å². The zero-order chi connectivity index (χ0) is 14.2. The molecule has 2 atom stereocenters. The summed E-state index contributed by atoms with van der Waals surface area (Å²) in [6.07, 6.45) is 6.01. The molecule has 0 radical (unpaired) electrons. The molecule has 20 heavy (non-hydrogen) atoms. The van der Waals surface area contributed by atoms with Gasteiger partial charge in [-0.05, 0) is 79.7 Å². The molecule has 0 heterocycles. The van der Waals surface area contributed by atoms with Crippen molar-refractivity contribution in [1.29, 1.82) is 0 Å². The maximum Gasteiger partial charge on any atom is 0.126 e. The van der Waals surface area contributed by atoms with E-state index < -0.39 is 0 Å². The lowest BCUT2D eigenvalue weighted by atomic mass is 9.77. The molecule has 0 aromatic heterocycles. The number of benzene rings is 1. The zero-order valence-corrected chi connectivity index (χ0v) is 13.7. The first kappa shape index (κ1) is 14.5. The molecule has 2 aliphatic rings. The quantitative estimate of drug-likeness (QED) is 0.750. The van der Waals surface area contributed by atoms with Crippen molar-refractivity contribution in [1.82, 2.24) is 5.32 Å². The Morgan fingerprint density at radius 3 is 2.80 bits per heavy atom. The van der Waals surface area contributed by atoms with Crippen LogP contribution in [0.1, 0.15) is 38.2 Å². The smallest absolute Gasteiger partial charge is 0.126 e. The highest BCUT2D eigenvalue weighted by atomic mass is 79.9. The summed E-state index contributed by atoms with van der Waals surface area (Å²) in [5.41, 5.74) is 1.16. The highest BCUT2D eigenvalue weighted by Crippen LogP contribution is 2.60. The fourth-order valence-electron chi connectivity index (χ4n) is 3.97. The molecule has 0 spiro atoms. The van der Waals surface area contributed by atoms with Crippen molar-refractivity contribution in [2.75, 3.05) is 13.1 Å². The Bertz CT molecular complexity index is 478. The average molecular weight is 340 g/mol. The number of hydrogen-bond acceptors (Lipinski definition) is 1.